The third kappa shape index (κ3) is 6.42. The first-order valence-corrected chi connectivity index (χ1v) is 9.28. The van der Waals surface area contributed by atoms with E-state index in [0.29, 0.717) is 19.4 Å². The molecule has 5 heteroatoms. The maximum Gasteiger partial charge on any atom is 0.303 e. The Balaban J connectivity index is 1.74. The molecule has 5 nitrogen and oxygen atoms in total. The van der Waals surface area contributed by atoms with Gasteiger partial charge in [-0.3, -0.25) is 4.79 Å². The zero-order chi connectivity index (χ0) is 18.1. The number of hydrogen-bond acceptors (Lipinski definition) is 4. The maximum atomic E-state index is 10.5. The number of carboxylic acid groups (broad SMARTS) is 1. The molecule has 1 aliphatic carbocycles. The van der Waals surface area contributed by atoms with E-state index in [1.165, 1.54) is 0 Å². The van der Waals surface area contributed by atoms with E-state index in [9.17, 15) is 15.0 Å². The molecule has 0 bridgehead atoms. The standard InChI is InChI=1S/C20H30O5/c21-13-17-16(10-6-1-2-7-11-20(23)24)18(22)12-19(17)25-14-15-8-4-3-5-9-15/h3-5,8-9,16-19,21-22H,1-2,6-7,10-14H2,(H,23,24)/t16-,17-,18+,19-/m1/s1. The molecule has 0 aromatic heterocycles. The van der Waals surface area contributed by atoms with Crippen molar-refractivity contribution < 1.29 is 24.9 Å². The predicted molar refractivity (Wildman–Crippen MR) is 95.0 cm³/mol. The number of carbonyl (C=O) groups is 1. The van der Waals surface area contributed by atoms with Crippen LogP contribution < -0.4 is 0 Å². The van der Waals surface area contributed by atoms with Gasteiger partial charge in [-0.2, -0.15) is 0 Å². The molecule has 0 heterocycles. The van der Waals surface area contributed by atoms with Gasteiger partial charge in [-0.15, -0.1) is 0 Å². The smallest absolute Gasteiger partial charge is 0.303 e. The number of unbranched alkanes of at least 4 members (excludes halogenated alkanes) is 3. The van der Waals surface area contributed by atoms with E-state index in [1.807, 2.05) is 30.3 Å². The van der Waals surface area contributed by atoms with Crippen LogP contribution in [-0.2, 0) is 16.1 Å². The minimum atomic E-state index is -0.745. The third-order valence-corrected chi connectivity index (χ3v) is 5.19. The molecule has 0 saturated heterocycles. The Labute approximate surface area is 149 Å². The summed E-state index contributed by atoms with van der Waals surface area (Å²) < 4.78 is 5.98. The van der Waals surface area contributed by atoms with Gasteiger partial charge in [0.2, 0.25) is 0 Å². The zero-order valence-electron chi connectivity index (χ0n) is 14.7. The first-order chi connectivity index (χ1) is 12.1. The van der Waals surface area contributed by atoms with Crippen LogP contribution in [0.4, 0.5) is 0 Å². The molecular formula is C20H30O5. The van der Waals surface area contributed by atoms with Gasteiger partial charge in [0.05, 0.1) is 18.8 Å². The fourth-order valence-corrected chi connectivity index (χ4v) is 3.79. The first kappa shape index (κ1) is 19.9. The van der Waals surface area contributed by atoms with Gasteiger partial charge in [0.15, 0.2) is 0 Å². The van der Waals surface area contributed by atoms with Crippen LogP contribution in [0.5, 0.6) is 0 Å². The summed E-state index contributed by atoms with van der Waals surface area (Å²) in [5, 5.41) is 28.8. The Bertz CT molecular complexity index is 504. The molecule has 1 aromatic carbocycles. The van der Waals surface area contributed by atoms with Crippen LogP contribution in [0.25, 0.3) is 0 Å². The Morgan fingerprint density at radius 1 is 1.08 bits per heavy atom. The summed E-state index contributed by atoms with van der Waals surface area (Å²) in [5.41, 5.74) is 1.09. The highest BCUT2D eigenvalue weighted by Gasteiger charge is 2.42. The largest absolute Gasteiger partial charge is 0.481 e. The van der Waals surface area contributed by atoms with Gasteiger partial charge >= 0.3 is 5.97 Å². The number of carboxylic acids is 1. The number of aliphatic carboxylic acids is 1. The lowest BCUT2D eigenvalue weighted by molar-refractivity contribution is -0.137. The molecule has 1 aromatic rings. The second-order valence-corrected chi connectivity index (χ2v) is 7.00. The van der Waals surface area contributed by atoms with Gasteiger partial charge in [0, 0.05) is 25.4 Å². The lowest BCUT2D eigenvalue weighted by atomic mass is 9.89. The van der Waals surface area contributed by atoms with Crippen molar-refractivity contribution in [1.82, 2.24) is 0 Å². The molecule has 2 rings (SSSR count). The highest BCUT2D eigenvalue weighted by molar-refractivity contribution is 5.66. The van der Waals surface area contributed by atoms with Crippen molar-refractivity contribution in [3.8, 4) is 0 Å². The summed E-state index contributed by atoms with van der Waals surface area (Å²) in [6.45, 7) is 0.525. The summed E-state index contributed by atoms with van der Waals surface area (Å²) in [7, 11) is 0. The number of benzene rings is 1. The Kier molecular flexibility index (Phi) is 8.38. The van der Waals surface area contributed by atoms with E-state index in [0.717, 1.165) is 31.2 Å². The molecule has 0 unspecified atom stereocenters. The Hall–Kier alpha value is -1.43. The summed E-state index contributed by atoms with van der Waals surface area (Å²) in [6.07, 6.45) is 4.61. The second kappa shape index (κ2) is 10.5. The van der Waals surface area contributed by atoms with Crippen LogP contribution in [0.1, 0.15) is 50.5 Å². The fourth-order valence-electron chi connectivity index (χ4n) is 3.79. The van der Waals surface area contributed by atoms with Crippen LogP contribution in [0.15, 0.2) is 30.3 Å². The van der Waals surface area contributed by atoms with Gasteiger partial charge in [-0.25, -0.2) is 0 Å². The molecule has 1 aliphatic rings. The van der Waals surface area contributed by atoms with Crippen LogP contribution >= 0.6 is 0 Å². The van der Waals surface area contributed by atoms with Gasteiger partial charge in [0.25, 0.3) is 0 Å². The molecule has 4 atom stereocenters. The van der Waals surface area contributed by atoms with Crippen molar-refractivity contribution in [1.29, 1.82) is 0 Å². The van der Waals surface area contributed by atoms with E-state index in [2.05, 4.69) is 0 Å². The van der Waals surface area contributed by atoms with E-state index in [1.54, 1.807) is 0 Å². The van der Waals surface area contributed by atoms with Crippen LogP contribution in [0, 0.1) is 11.8 Å². The zero-order valence-corrected chi connectivity index (χ0v) is 14.7. The van der Waals surface area contributed by atoms with Gasteiger partial charge in [0.1, 0.15) is 0 Å². The van der Waals surface area contributed by atoms with E-state index in [-0.39, 0.29) is 31.0 Å². The molecule has 0 aliphatic heterocycles. The molecule has 0 radical (unpaired) electrons. The van der Waals surface area contributed by atoms with Gasteiger partial charge in [-0.05, 0) is 24.3 Å². The molecule has 0 spiro atoms. The fraction of sp³-hybridized carbons (Fsp3) is 0.650. The monoisotopic (exact) mass is 350 g/mol. The minimum absolute atomic E-state index is 0.0280. The highest BCUT2D eigenvalue weighted by Crippen LogP contribution is 2.38. The van der Waals surface area contributed by atoms with Crippen LogP contribution in [0.3, 0.4) is 0 Å². The second-order valence-electron chi connectivity index (χ2n) is 7.00. The molecule has 1 saturated carbocycles. The lowest BCUT2D eigenvalue weighted by Crippen LogP contribution is -2.27. The number of aliphatic hydroxyl groups is 2. The summed E-state index contributed by atoms with van der Waals surface area (Å²) in [4.78, 5) is 10.5. The SMILES string of the molecule is O=C(O)CCCCCC[C@@H]1[C@@H](CO)[C@H](OCc2ccccc2)C[C@@H]1O. The number of rotatable bonds is 11. The third-order valence-electron chi connectivity index (χ3n) is 5.19. The van der Waals surface area contributed by atoms with Gasteiger partial charge in [-0.1, -0.05) is 49.6 Å². The summed E-state index contributed by atoms with van der Waals surface area (Å²) >= 11 is 0. The van der Waals surface area contributed by atoms with Crippen molar-refractivity contribution in [2.45, 2.75) is 63.8 Å². The van der Waals surface area contributed by atoms with Crippen LogP contribution in [0.2, 0.25) is 0 Å². The maximum absolute atomic E-state index is 10.5. The number of hydrogen-bond donors (Lipinski definition) is 3. The topological polar surface area (TPSA) is 87.0 Å². The normalized spacial score (nSPS) is 26.0. The Morgan fingerprint density at radius 2 is 1.80 bits per heavy atom. The highest BCUT2D eigenvalue weighted by atomic mass is 16.5. The molecule has 0 amide bonds. The summed E-state index contributed by atoms with van der Waals surface area (Å²) in [6, 6.07) is 9.92. The van der Waals surface area contributed by atoms with Gasteiger partial charge < -0.3 is 20.1 Å². The number of aliphatic hydroxyl groups excluding tert-OH is 2. The molecule has 1 fully saturated rings. The quantitative estimate of drug-likeness (QED) is 0.534. The van der Waals surface area contributed by atoms with Crippen molar-refractivity contribution in [2.75, 3.05) is 6.61 Å². The van der Waals surface area contributed by atoms with E-state index in [4.69, 9.17) is 9.84 Å². The van der Waals surface area contributed by atoms with E-state index < -0.39 is 12.1 Å². The molecular weight excluding hydrogens is 320 g/mol. The average molecular weight is 350 g/mol. The molecule has 140 valence electrons. The molecule has 25 heavy (non-hydrogen) atoms. The number of ether oxygens (including phenoxy) is 1. The van der Waals surface area contributed by atoms with Crippen LogP contribution in [-0.4, -0.2) is 40.1 Å². The Morgan fingerprint density at radius 3 is 2.48 bits per heavy atom. The lowest BCUT2D eigenvalue weighted by Gasteiger charge is -2.23. The van der Waals surface area contributed by atoms with Crippen molar-refractivity contribution in [3.63, 3.8) is 0 Å². The van der Waals surface area contributed by atoms with Crippen molar-refractivity contribution in [2.24, 2.45) is 11.8 Å². The molecule has 3 N–H and O–H groups in total. The predicted octanol–water partition coefficient (Wildman–Crippen LogP) is 2.99. The first-order valence-electron chi connectivity index (χ1n) is 9.28. The van der Waals surface area contributed by atoms with Crippen molar-refractivity contribution in [3.05, 3.63) is 35.9 Å². The average Bonchev–Trinajstić information content (AvgIpc) is 2.91. The minimum Gasteiger partial charge on any atom is -0.481 e. The van der Waals surface area contributed by atoms with E-state index >= 15 is 0 Å². The summed E-state index contributed by atoms with van der Waals surface area (Å²) in [5.74, 6) is -0.715. The van der Waals surface area contributed by atoms with Crippen molar-refractivity contribution >= 4 is 5.97 Å².